The SMILES string of the molecule is CC(C)OCCN(C)c1nc(Cl)nc2c1SCC2. The fourth-order valence-corrected chi connectivity index (χ4v) is 3.14. The van der Waals surface area contributed by atoms with Crippen LogP contribution in [0.1, 0.15) is 19.5 Å². The molecule has 1 aromatic heterocycles. The largest absolute Gasteiger partial charge is 0.377 e. The van der Waals surface area contributed by atoms with Gasteiger partial charge >= 0.3 is 0 Å². The van der Waals surface area contributed by atoms with E-state index in [-0.39, 0.29) is 6.10 Å². The van der Waals surface area contributed by atoms with Crippen LogP contribution < -0.4 is 4.90 Å². The molecule has 0 bridgehead atoms. The Balaban J connectivity index is 2.08. The Morgan fingerprint density at radius 2 is 2.22 bits per heavy atom. The number of aryl methyl sites for hydroxylation is 1. The molecule has 0 aromatic carbocycles. The Morgan fingerprint density at radius 1 is 1.44 bits per heavy atom. The van der Waals surface area contributed by atoms with E-state index in [0.717, 1.165) is 30.2 Å². The second kappa shape index (κ2) is 6.08. The Hall–Kier alpha value is -0.520. The minimum atomic E-state index is 0.257. The van der Waals surface area contributed by atoms with Crippen LogP contribution in [0.25, 0.3) is 0 Å². The molecule has 0 N–H and O–H groups in total. The van der Waals surface area contributed by atoms with Crippen LogP contribution in [0.4, 0.5) is 5.82 Å². The van der Waals surface area contributed by atoms with Crippen LogP contribution in [-0.2, 0) is 11.2 Å². The lowest BCUT2D eigenvalue weighted by atomic mass is 10.3. The molecule has 0 radical (unpaired) electrons. The van der Waals surface area contributed by atoms with Crippen LogP contribution in [0.2, 0.25) is 5.28 Å². The molecule has 0 fully saturated rings. The van der Waals surface area contributed by atoms with E-state index >= 15 is 0 Å². The predicted octanol–water partition coefficient (Wildman–Crippen LogP) is 2.64. The highest BCUT2D eigenvalue weighted by Crippen LogP contribution is 2.37. The molecule has 0 saturated carbocycles. The lowest BCUT2D eigenvalue weighted by molar-refractivity contribution is 0.0845. The number of aromatic nitrogens is 2. The number of ether oxygens (including phenoxy) is 1. The number of rotatable bonds is 5. The Kier molecular flexibility index (Phi) is 4.70. The molecule has 0 saturated heterocycles. The molecule has 1 aliphatic rings. The van der Waals surface area contributed by atoms with Gasteiger partial charge in [-0.05, 0) is 25.4 Å². The third-order valence-electron chi connectivity index (χ3n) is 2.72. The number of hydrogen-bond donors (Lipinski definition) is 0. The second-order valence-electron chi connectivity index (χ2n) is 4.53. The van der Waals surface area contributed by atoms with Crippen molar-refractivity contribution in [1.29, 1.82) is 0 Å². The number of anilines is 1. The molecule has 1 aliphatic heterocycles. The van der Waals surface area contributed by atoms with Crippen LogP contribution in [-0.4, -0.2) is 42.0 Å². The van der Waals surface area contributed by atoms with Gasteiger partial charge in [0.25, 0.3) is 0 Å². The maximum atomic E-state index is 5.97. The monoisotopic (exact) mass is 287 g/mol. The van der Waals surface area contributed by atoms with Crippen LogP contribution >= 0.6 is 23.4 Å². The molecule has 2 rings (SSSR count). The van der Waals surface area contributed by atoms with E-state index in [0.29, 0.717) is 11.9 Å². The summed E-state index contributed by atoms with van der Waals surface area (Å²) in [7, 11) is 2.02. The van der Waals surface area contributed by atoms with Crippen LogP contribution in [0, 0.1) is 0 Å². The van der Waals surface area contributed by atoms with Crippen molar-refractivity contribution in [2.75, 3.05) is 30.9 Å². The third-order valence-corrected chi connectivity index (χ3v) is 4.00. The maximum Gasteiger partial charge on any atom is 0.224 e. The molecule has 0 atom stereocenters. The van der Waals surface area contributed by atoms with Gasteiger partial charge in [0, 0.05) is 25.8 Å². The fourth-order valence-electron chi connectivity index (χ4n) is 1.81. The van der Waals surface area contributed by atoms with Crippen molar-refractivity contribution in [2.45, 2.75) is 31.3 Å². The number of likely N-dealkylation sites (N-methyl/N-ethyl adjacent to an activating group) is 1. The van der Waals surface area contributed by atoms with E-state index < -0.39 is 0 Å². The van der Waals surface area contributed by atoms with E-state index in [4.69, 9.17) is 16.3 Å². The molecule has 100 valence electrons. The number of thioether (sulfide) groups is 1. The predicted molar refractivity (Wildman–Crippen MR) is 75.8 cm³/mol. The lowest BCUT2D eigenvalue weighted by Gasteiger charge is -2.21. The first-order valence-electron chi connectivity index (χ1n) is 6.10. The summed E-state index contributed by atoms with van der Waals surface area (Å²) in [5, 5.41) is 0.336. The zero-order chi connectivity index (χ0) is 13.1. The smallest absolute Gasteiger partial charge is 0.224 e. The van der Waals surface area contributed by atoms with Gasteiger partial charge in [0.15, 0.2) is 0 Å². The molecule has 0 unspecified atom stereocenters. The molecule has 0 amide bonds. The van der Waals surface area contributed by atoms with Gasteiger partial charge in [0.1, 0.15) is 5.82 Å². The summed E-state index contributed by atoms with van der Waals surface area (Å²) in [5.74, 6) is 1.99. The molecule has 18 heavy (non-hydrogen) atoms. The summed E-state index contributed by atoms with van der Waals surface area (Å²) < 4.78 is 5.56. The van der Waals surface area contributed by atoms with Gasteiger partial charge in [-0.15, -0.1) is 11.8 Å². The van der Waals surface area contributed by atoms with Gasteiger partial charge in [-0.3, -0.25) is 0 Å². The summed E-state index contributed by atoms with van der Waals surface area (Å²) in [6.07, 6.45) is 1.23. The first-order valence-corrected chi connectivity index (χ1v) is 7.46. The van der Waals surface area contributed by atoms with E-state index in [9.17, 15) is 0 Å². The Bertz CT molecular complexity index is 428. The highest BCUT2D eigenvalue weighted by atomic mass is 35.5. The topological polar surface area (TPSA) is 38.2 Å². The quantitative estimate of drug-likeness (QED) is 0.779. The summed E-state index contributed by atoms with van der Waals surface area (Å²) >= 11 is 7.77. The summed E-state index contributed by atoms with van der Waals surface area (Å²) in [6, 6.07) is 0. The number of fused-ring (bicyclic) bond motifs is 1. The van der Waals surface area contributed by atoms with Gasteiger partial charge in [-0.2, -0.15) is 4.98 Å². The minimum Gasteiger partial charge on any atom is -0.377 e. The van der Waals surface area contributed by atoms with E-state index in [2.05, 4.69) is 14.9 Å². The minimum absolute atomic E-state index is 0.257. The highest BCUT2D eigenvalue weighted by Gasteiger charge is 2.21. The standard InChI is InChI=1S/C12H18ClN3OS/c1-8(2)17-6-5-16(3)11-10-9(4-7-18-10)14-12(13)15-11/h8H,4-7H2,1-3H3. The van der Waals surface area contributed by atoms with Crippen LogP contribution in [0.5, 0.6) is 0 Å². The molecule has 1 aromatic rings. The van der Waals surface area contributed by atoms with Crippen molar-refractivity contribution in [3.63, 3.8) is 0 Å². The van der Waals surface area contributed by atoms with Crippen molar-refractivity contribution in [3.8, 4) is 0 Å². The first-order chi connectivity index (χ1) is 8.58. The normalized spacial score (nSPS) is 14.1. The molecular formula is C12H18ClN3OS. The van der Waals surface area contributed by atoms with Gasteiger partial charge in [-0.1, -0.05) is 0 Å². The summed E-state index contributed by atoms with van der Waals surface area (Å²) in [4.78, 5) is 11.9. The van der Waals surface area contributed by atoms with Crippen molar-refractivity contribution in [1.82, 2.24) is 9.97 Å². The zero-order valence-corrected chi connectivity index (χ0v) is 12.5. The molecule has 4 nitrogen and oxygen atoms in total. The van der Waals surface area contributed by atoms with Gasteiger partial charge in [-0.25, -0.2) is 4.98 Å². The molecular weight excluding hydrogens is 270 g/mol. The van der Waals surface area contributed by atoms with E-state index in [1.54, 1.807) is 11.8 Å². The van der Waals surface area contributed by atoms with E-state index in [1.807, 2.05) is 20.9 Å². The first kappa shape index (κ1) is 13.9. The number of halogens is 1. The van der Waals surface area contributed by atoms with Gasteiger partial charge in [0.2, 0.25) is 5.28 Å². The summed E-state index contributed by atoms with van der Waals surface area (Å²) in [5.41, 5.74) is 1.08. The lowest BCUT2D eigenvalue weighted by Crippen LogP contribution is -2.25. The molecule has 0 spiro atoms. The number of hydrogen-bond acceptors (Lipinski definition) is 5. The van der Waals surface area contributed by atoms with E-state index in [1.165, 1.54) is 4.90 Å². The van der Waals surface area contributed by atoms with Crippen molar-refractivity contribution >= 4 is 29.2 Å². The molecule has 6 heteroatoms. The average Bonchev–Trinajstić information content (AvgIpc) is 2.74. The van der Waals surface area contributed by atoms with Crippen LogP contribution in [0.3, 0.4) is 0 Å². The van der Waals surface area contributed by atoms with Crippen molar-refractivity contribution < 1.29 is 4.74 Å². The van der Waals surface area contributed by atoms with Crippen molar-refractivity contribution in [2.24, 2.45) is 0 Å². The highest BCUT2D eigenvalue weighted by molar-refractivity contribution is 7.99. The molecule has 2 heterocycles. The maximum absolute atomic E-state index is 5.97. The Labute approximate surface area is 117 Å². The van der Waals surface area contributed by atoms with Gasteiger partial charge in [0.05, 0.1) is 23.3 Å². The molecule has 0 aliphatic carbocycles. The average molecular weight is 288 g/mol. The zero-order valence-electron chi connectivity index (χ0n) is 10.9. The second-order valence-corrected chi connectivity index (χ2v) is 5.97. The Morgan fingerprint density at radius 3 is 2.94 bits per heavy atom. The van der Waals surface area contributed by atoms with Crippen LogP contribution in [0.15, 0.2) is 4.90 Å². The fraction of sp³-hybridized carbons (Fsp3) is 0.667. The van der Waals surface area contributed by atoms with Crippen molar-refractivity contribution in [3.05, 3.63) is 11.0 Å². The van der Waals surface area contributed by atoms with Gasteiger partial charge < -0.3 is 9.64 Å². The summed E-state index contributed by atoms with van der Waals surface area (Å²) in [6.45, 7) is 5.57. The third kappa shape index (κ3) is 3.28. The number of nitrogens with zero attached hydrogens (tertiary/aromatic N) is 3.